The largest absolute Gasteiger partial charge is 0.469 e. The Morgan fingerprint density at radius 3 is 2.59 bits per heavy atom. The van der Waals surface area contributed by atoms with Crippen LogP contribution in [-0.4, -0.2) is 116 Å². The van der Waals surface area contributed by atoms with Crippen LogP contribution in [0.15, 0.2) is 36.0 Å². The fraction of sp³-hybridized carbons (Fsp3) is 0.719. The van der Waals surface area contributed by atoms with Gasteiger partial charge in [-0.15, -0.1) is 0 Å². The summed E-state index contributed by atoms with van der Waals surface area (Å²) in [7, 11) is 1.35. The number of piperazine rings is 1. The molecule has 12 heteroatoms. The van der Waals surface area contributed by atoms with Crippen LogP contribution in [0.5, 0.6) is 0 Å². The third-order valence-electron chi connectivity index (χ3n) is 8.86. The van der Waals surface area contributed by atoms with Gasteiger partial charge in [-0.05, 0) is 45.6 Å². The van der Waals surface area contributed by atoms with E-state index in [9.17, 15) is 19.5 Å². The first kappa shape index (κ1) is 34.1. The number of aliphatic hydroxyl groups excluding tert-OH is 1. The quantitative estimate of drug-likeness (QED) is 0.144. The number of rotatable bonds is 10. The van der Waals surface area contributed by atoms with Crippen molar-refractivity contribution in [1.29, 1.82) is 0 Å². The molecule has 4 fully saturated rings. The van der Waals surface area contributed by atoms with Gasteiger partial charge in [0.1, 0.15) is 23.9 Å². The van der Waals surface area contributed by atoms with Crippen molar-refractivity contribution in [3.63, 3.8) is 0 Å². The summed E-state index contributed by atoms with van der Waals surface area (Å²) in [4.78, 5) is 38.3. The number of amides is 2. The number of nitrogens with zero attached hydrogens (tertiary/aromatic N) is 1. The second kappa shape index (κ2) is 15.5. The number of epoxide rings is 1. The third kappa shape index (κ3) is 9.37. The minimum absolute atomic E-state index is 0.00874. The molecule has 3 N–H and O–H groups in total. The van der Waals surface area contributed by atoms with Crippen LogP contribution in [0.3, 0.4) is 0 Å². The first-order valence-corrected chi connectivity index (χ1v) is 15.7. The maximum absolute atomic E-state index is 12.6. The highest BCUT2D eigenvalue weighted by molar-refractivity contribution is 5.87. The minimum atomic E-state index is -0.805. The lowest BCUT2D eigenvalue weighted by atomic mass is 9.87. The maximum Gasteiger partial charge on any atom is 0.410 e. The number of methoxy groups -OCH3 is 1. The Morgan fingerprint density at radius 2 is 1.91 bits per heavy atom. The van der Waals surface area contributed by atoms with E-state index in [0.717, 1.165) is 25.1 Å². The number of hydrogen-bond donors (Lipinski definition) is 3. The van der Waals surface area contributed by atoms with Gasteiger partial charge in [-0.3, -0.25) is 9.59 Å². The van der Waals surface area contributed by atoms with Crippen molar-refractivity contribution < 1.29 is 43.2 Å². The van der Waals surface area contributed by atoms with Crippen LogP contribution in [-0.2, 0) is 33.3 Å². The van der Waals surface area contributed by atoms with Gasteiger partial charge < -0.3 is 44.3 Å². The zero-order chi connectivity index (χ0) is 31.9. The van der Waals surface area contributed by atoms with Gasteiger partial charge in [0, 0.05) is 38.7 Å². The van der Waals surface area contributed by atoms with E-state index in [0.29, 0.717) is 32.5 Å². The molecule has 4 aliphatic heterocycles. The summed E-state index contributed by atoms with van der Waals surface area (Å²) < 4.78 is 28.1. The number of carbonyl (C=O) groups is 3. The van der Waals surface area contributed by atoms with Gasteiger partial charge in [0.05, 0.1) is 44.5 Å². The number of hydrogen-bond acceptors (Lipinski definition) is 10. The molecule has 0 aliphatic carbocycles. The molecule has 4 aliphatic rings. The van der Waals surface area contributed by atoms with Gasteiger partial charge in [-0.2, -0.15) is 0 Å². The Balaban J connectivity index is 1.22. The Morgan fingerprint density at radius 1 is 1.18 bits per heavy atom. The normalized spacial score (nSPS) is 35.1. The lowest BCUT2D eigenvalue weighted by Crippen LogP contribution is -2.50. The van der Waals surface area contributed by atoms with Crippen LogP contribution in [0.4, 0.5) is 4.79 Å². The van der Waals surface area contributed by atoms with Crippen LogP contribution < -0.4 is 10.6 Å². The molecule has 1 spiro atoms. The smallest absolute Gasteiger partial charge is 0.410 e. The average molecular weight is 620 g/mol. The van der Waals surface area contributed by atoms with Crippen molar-refractivity contribution in [3.05, 3.63) is 36.0 Å². The standard InChI is InChI=1S/C32H49N3O9/c1-20(7-10-27-30(38)32(19-41-32)18-24(44-27)17-29(37)40-5)6-9-26-21(2)16-25(23(4)43-26)34-28(36)11-8-22(3)42-31(39)35-14-12-33-13-15-35/h6-8,10-11,21-27,30,33,38H,9,12-19H2,1-5H3,(H,34,36)/b10-7+,11-8-,20-6+/t21-,22-,23+,24+,25+,26-,27+,30+,32+/m0/s1. The summed E-state index contributed by atoms with van der Waals surface area (Å²) in [5.74, 6) is -0.392. The van der Waals surface area contributed by atoms with E-state index >= 15 is 0 Å². The summed E-state index contributed by atoms with van der Waals surface area (Å²) in [5, 5.41) is 17.0. The summed E-state index contributed by atoms with van der Waals surface area (Å²) >= 11 is 0. The van der Waals surface area contributed by atoms with Crippen LogP contribution in [0.25, 0.3) is 0 Å². The van der Waals surface area contributed by atoms with Crippen LogP contribution in [0.2, 0.25) is 0 Å². The molecule has 9 atom stereocenters. The number of nitrogens with one attached hydrogen (secondary N) is 2. The second-order valence-electron chi connectivity index (χ2n) is 12.4. The molecular weight excluding hydrogens is 570 g/mol. The van der Waals surface area contributed by atoms with Crippen LogP contribution in [0, 0.1) is 5.92 Å². The zero-order valence-corrected chi connectivity index (χ0v) is 26.5. The molecule has 0 aromatic rings. The van der Waals surface area contributed by atoms with Crippen LogP contribution >= 0.6 is 0 Å². The Kier molecular flexibility index (Phi) is 12.0. The second-order valence-corrected chi connectivity index (χ2v) is 12.4. The van der Waals surface area contributed by atoms with Gasteiger partial charge in [-0.25, -0.2) is 4.79 Å². The predicted octanol–water partition coefficient (Wildman–Crippen LogP) is 2.01. The first-order valence-electron chi connectivity index (χ1n) is 15.7. The molecule has 0 aromatic heterocycles. The highest BCUT2D eigenvalue weighted by Crippen LogP contribution is 2.43. The number of esters is 1. The molecule has 12 nitrogen and oxygen atoms in total. The number of aliphatic hydroxyl groups is 1. The van der Waals surface area contributed by atoms with E-state index in [1.807, 2.05) is 26.0 Å². The van der Waals surface area contributed by atoms with E-state index in [4.69, 9.17) is 23.7 Å². The first-order chi connectivity index (χ1) is 21.0. The summed E-state index contributed by atoms with van der Waals surface area (Å²) in [6.07, 6.45) is 8.04. The topological polar surface area (TPSA) is 148 Å². The van der Waals surface area contributed by atoms with Gasteiger partial charge in [0.15, 0.2) is 0 Å². The minimum Gasteiger partial charge on any atom is -0.469 e. The Hall–Kier alpha value is -2.77. The summed E-state index contributed by atoms with van der Waals surface area (Å²) in [5.41, 5.74) is 0.348. The molecule has 4 saturated heterocycles. The van der Waals surface area contributed by atoms with Crippen molar-refractivity contribution in [2.45, 2.75) is 102 Å². The van der Waals surface area contributed by atoms with E-state index in [-0.39, 0.29) is 54.7 Å². The monoisotopic (exact) mass is 619 g/mol. The number of allylic oxidation sites excluding steroid dienone is 2. The molecule has 44 heavy (non-hydrogen) atoms. The number of ether oxygens (including phenoxy) is 5. The van der Waals surface area contributed by atoms with E-state index in [1.165, 1.54) is 13.2 Å². The average Bonchev–Trinajstić information content (AvgIpc) is 3.78. The molecule has 0 unspecified atom stereocenters. The third-order valence-corrected chi connectivity index (χ3v) is 8.86. The van der Waals surface area contributed by atoms with Gasteiger partial charge in [0.25, 0.3) is 0 Å². The van der Waals surface area contributed by atoms with Crippen molar-refractivity contribution in [3.8, 4) is 0 Å². The lowest BCUT2D eigenvalue weighted by Gasteiger charge is -2.39. The fourth-order valence-corrected chi connectivity index (χ4v) is 5.98. The van der Waals surface area contributed by atoms with Gasteiger partial charge in [0.2, 0.25) is 5.91 Å². The zero-order valence-electron chi connectivity index (χ0n) is 26.5. The Labute approximate surface area is 260 Å². The van der Waals surface area contributed by atoms with E-state index < -0.39 is 23.9 Å². The lowest BCUT2D eigenvalue weighted by molar-refractivity contribution is -0.157. The summed E-state index contributed by atoms with van der Waals surface area (Å²) in [6.45, 7) is 10.9. The number of carbonyl (C=O) groups excluding carboxylic acids is 3. The van der Waals surface area contributed by atoms with Crippen molar-refractivity contribution in [2.24, 2.45) is 5.92 Å². The highest BCUT2D eigenvalue weighted by Gasteiger charge is 2.58. The molecule has 4 heterocycles. The molecule has 2 amide bonds. The molecule has 0 saturated carbocycles. The molecule has 246 valence electrons. The molecule has 4 rings (SSSR count). The maximum atomic E-state index is 12.6. The summed E-state index contributed by atoms with van der Waals surface area (Å²) in [6, 6.07) is -0.137. The van der Waals surface area contributed by atoms with E-state index in [1.54, 1.807) is 17.9 Å². The molecule has 0 bridgehead atoms. The van der Waals surface area contributed by atoms with Gasteiger partial charge >= 0.3 is 12.1 Å². The predicted molar refractivity (Wildman–Crippen MR) is 162 cm³/mol. The SMILES string of the molecule is COC(=O)C[C@@H]1C[C@@]2(CO2)[C@H](O)[C@@H](/C=C/C(C)=C/C[C@@H]2O[C@H](C)[C@H](NC(=O)/C=C\[C@H](C)OC(=O)N3CCNCC3)C[C@@H]2C)O1. The molecule has 0 aromatic carbocycles. The van der Waals surface area contributed by atoms with Crippen molar-refractivity contribution in [2.75, 3.05) is 39.9 Å². The Bertz CT molecular complexity index is 1100. The molecular formula is C32H49N3O9. The van der Waals surface area contributed by atoms with Crippen LogP contribution in [0.1, 0.15) is 53.4 Å². The van der Waals surface area contributed by atoms with Crippen molar-refractivity contribution >= 4 is 18.0 Å². The molecule has 0 radical (unpaired) electrons. The van der Waals surface area contributed by atoms with E-state index in [2.05, 4.69) is 23.6 Å². The van der Waals surface area contributed by atoms with Crippen molar-refractivity contribution in [1.82, 2.24) is 15.5 Å². The highest BCUT2D eigenvalue weighted by atomic mass is 16.6. The fourth-order valence-electron chi connectivity index (χ4n) is 5.98. The van der Waals surface area contributed by atoms with Gasteiger partial charge in [-0.1, -0.05) is 30.7 Å².